The van der Waals surface area contributed by atoms with Crippen molar-refractivity contribution in [2.24, 2.45) is 0 Å². The minimum Gasteiger partial charge on any atom is -0.494 e. The zero-order valence-corrected chi connectivity index (χ0v) is 22.6. The molecular formula is C35H41NO2. The Kier molecular flexibility index (Phi) is 11.5. The second-order valence-electron chi connectivity index (χ2n) is 9.98. The summed E-state index contributed by atoms with van der Waals surface area (Å²) in [5.74, 6) is 3.46. The smallest absolute Gasteiger partial charge is 0.119 e. The Hall–Kier alpha value is -3.32. The third kappa shape index (κ3) is 8.62. The van der Waals surface area contributed by atoms with Crippen LogP contribution in [0.2, 0.25) is 0 Å². The molecule has 0 amide bonds. The quantitative estimate of drug-likeness (QED) is 0.0884. The second kappa shape index (κ2) is 15.8. The molecule has 0 atom stereocenters. The molecular weight excluding hydrogens is 466 g/mol. The van der Waals surface area contributed by atoms with Crippen LogP contribution in [-0.4, -0.2) is 19.8 Å². The summed E-state index contributed by atoms with van der Waals surface area (Å²) >= 11 is 0. The molecule has 0 aliphatic heterocycles. The number of benzene rings is 4. The number of hydrogen-bond donors (Lipinski definition) is 1. The Morgan fingerprint density at radius 3 is 1.84 bits per heavy atom. The fourth-order valence-corrected chi connectivity index (χ4v) is 5.02. The zero-order valence-electron chi connectivity index (χ0n) is 22.6. The summed E-state index contributed by atoms with van der Waals surface area (Å²) < 4.78 is 11.3. The van der Waals surface area contributed by atoms with Crippen molar-refractivity contribution in [2.75, 3.05) is 19.8 Å². The van der Waals surface area contributed by atoms with Crippen LogP contribution in [0.1, 0.15) is 62.5 Å². The van der Waals surface area contributed by atoms with Crippen molar-refractivity contribution in [3.8, 4) is 18.1 Å². The Bertz CT molecular complexity index is 1240. The van der Waals surface area contributed by atoms with Gasteiger partial charge >= 0.3 is 0 Å². The lowest BCUT2D eigenvalue weighted by Crippen LogP contribution is -2.13. The monoisotopic (exact) mass is 507 g/mol. The summed E-state index contributed by atoms with van der Waals surface area (Å²) in [4.78, 5) is 0. The fraction of sp³-hybridized carbons (Fsp3) is 0.371. The average Bonchev–Trinajstić information content (AvgIpc) is 2.96. The molecule has 0 spiro atoms. The van der Waals surface area contributed by atoms with Crippen molar-refractivity contribution in [2.45, 2.75) is 64.5 Å². The van der Waals surface area contributed by atoms with E-state index < -0.39 is 0 Å². The third-order valence-corrected chi connectivity index (χ3v) is 7.07. The maximum Gasteiger partial charge on any atom is 0.119 e. The van der Waals surface area contributed by atoms with Crippen molar-refractivity contribution in [1.29, 1.82) is 0 Å². The lowest BCUT2D eigenvalue weighted by molar-refractivity contribution is 0.162. The lowest BCUT2D eigenvalue weighted by atomic mass is 9.97. The summed E-state index contributed by atoms with van der Waals surface area (Å²) in [7, 11) is 0. The molecule has 3 heteroatoms. The van der Waals surface area contributed by atoms with E-state index in [0.717, 1.165) is 44.9 Å². The Balaban J connectivity index is 1.12. The van der Waals surface area contributed by atoms with Gasteiger partial charge in [-0.1, -0.05) is 105 Å². The lowest BCUT2D eigenvalue weighted by Gasteiger charge is -2.13. The highest BCUT2D eigenvalue weighted by atomic mass is 16.5. The van der Waals surface area contributed by atoms with E-state index >= 15 is 0 Å². The van der Waals surface area contributed by atoms with Crippen LogP contribution in [0.4, 0.5) is 0 Å². The first kappa shape index (κ1) is 27.7. The first-order chi connectivity index (χ1) is 18.8. The van der Waals surface area contributed by atoms with E-state index in [1.54, 1.807) is 0 Å². The molecule has 0 saturated carbocycles. The van der Waals surface area contributed by atoms with Crippen LogP contribution in [0.3, 0.4) is 0 Å². The molecule has 3 nitrogen and oxygen atoms in total. The number of fused-ring (bicyclic) bond motifs is 2. The van der Waals surface area contributed by atoms with Gasteiger partial charge in [-0.3, -0.25) is 0 Å². The molecule has 4 rings (SSSR count). The van der Waals surface area contributed by atoms with Gasteiger partial charge < -0.3 is 14.8 Å². The number of hydrogen-bond acceptors (Lipinski definition) is 3. The summed E-state index contributed by atoms with van der Waals surface area (Å²) in [6.45, 7) is 3.68. The molecule has 0 aliphatic rings. The molecule has 0 radical (unpaired) electrons. The molecule has 0 unspecified atom stereocenters. The first-order valence-electron chi connectivity index (χ1n) is 14.2. The van der Waals surface area contributed by atoms with Gasteiger partial charge in [0, 0.05) is 19.7 Å². The molecule has 4 aromatic rings. The van der Waals surface area contributed by atoms with Gasteiger partial charge in [-0.05, 0) is 63.7 Å². The van der Waals surface area contributed by atoms with Crippen molar-refractivity contribution < 1.29 is 9.47 Å². The van der Waals surface area contributed by atoms with Crippen LogP contribution in [0.5, 0.6) is 5.75 Å². The van der Waals surface area contributed by atoms with Gasteiger partial charge in [0.25, 0.3) is 0 Å². The summed E-state index contributed by atoms with van der Waals surface area (Å²) in [6.07, 6.45) is 15.1. The third-order valence-electron chi connectivity index (χ3n) is 7.07. The van der Waals surface area contributed by atoms with Crippen LogP contribution in [0.15, 0.2) is 78.9 Å². The molecule has 0 heterocycles. The Morgan fingerprint density at radius 2 is 1.21 bits per heavy atom. The molecule has 0 aromatic heterocycles. The van der Waals surface area contributed by atoms with E-state index in [4.69, 9.17) is 15.9 Å². The Labute approximate surface area is 228 Å². The zero-order chi connectivity index (χ0) is 26.3. The number of ether oxygens (including phenoxy) is 2. The normalized spacial score (nSPS) is 11.1. The van der Waals surface area contributed by atoms with Gasteiger partial charge in [0.05, 0.1) is 6.61 Å². The van der Waals surface area contributed by atoms with Crippen LogP contribution in [0, 0.1) is 12.3 Å². The summed E-state index contributed by atoms with van der Waals surface area (Å²) in [5.41, 5.74) is 2.63. The predicted octanol–water partition coefficient (Wildman–Crippen LogP) is 8.43. The van der Waals surface area contributed by atoms with E-state index in [9.17, 15) is 0 Å². The molecule has 0 aliphatic carbocycles. The van der Waals surface area contributed by atoms with Gasteiger partial charge in [-0.15, -0.1) is 6.42 Å². The highest BCUT2D eigenvalue weighted by molar-refractivity contribution is 6.02. The van der Waals surface area contributed by atoms with Crippen molar-refractivity contribution in [3.05, 3.63) is 90.0 Å². The second-order valence-corrected chi connectivity index (χ2v) is 9.98. The highest BCUT2D eigenvalue weighted by Gasteiger charge is 2.07. The molecule has 4 aromatic carbocycles. The van der Waals surface area contributed by atoms with Crippen LogP contribution in [-0.2, 0) is 17.8 Å². The van der Waals surface area contributed by atoms with Gasteiger partial charge in [0.1, 0.15) is 12.4 Å². The van der Waals surface area contributed by atoms with Crippen LogP contribution < -0.4 is 10.1 Å². The molecule has 38 heavy (non-hydrogen) atoms. The predicted molar refractivity (Wildman–Crippen MR) is 161 cm³/mol. The number of nitrogens with one attached hydrogen (secondary N) is 1. The van der Waals surface area contributed by atoms with Gasteiger partial charge in [-0.25, -0.2) is 0 Å². The van der Waals surface area contributed by atoms with E-state index in [1.807, 2.05) is 0 Å². The maximum absolute atomic E-state index is 5.97. The van der Waals surface area contributed by atoms with Gasteiger partial charge in [0.2, 0.25) is 0 Å². The van der Waals surface area contributed by atoms with Crippen LogP contribution in [0.25, 0.3) is 21.5 Å². The highest BCUT2D eigenvalue weighted by Crippen LogP contribution is 2.28. The van der Waals surface area contributed by atoms with Crippen molar-refractivity contribution in [3.63, 3.8) is 0 Å². The van der Waals surface area contributed by atoms with E-state index in [0.29, 0.717) is 6.61 Å². The summed E-state index contributed by atoms with van der Waals surface area (Å²) in [5, 5.41) is 8.90. The summed E-state index contributed by atoms with van der Waals surface area (Å²) in [6, 6.07) is 28.2. The number of unbranched alkanes of at least 4 members (excludes halogenated alkanes) is 7. The molecule has 0 bridgehead atoms. The van der Waals surface area contributed by atoms with Gasteiger partial charge in [-0.2, -0.15) is 0 Å². The largest absolute Gasteiger partial charge is 0.494 e. The van der Waals surface area contributed by atoms with Gasteiger partial charge in [0.15, 0.2) is 0 Å². The number of terminal acetylenes is 1. The minimum absolute atomic E-state index is 0.438. The van der Waals surface area contributed by atoms with E-state index in [1.165, 1.54) is 71.2 Å². The average molecular weight is 508 g/mol. The standard InChI is InChI=1S/C35H41NO2/c1-2-23-37-24-13-7-5-3-4-6-8-14-25-38-32-21-19-29(20-22-32)27-36-28-35-33-17-11-9-15-30(33)26-31-16-10-12-18-34(31)35/h1,9-12,15-22,26,36H,3-8,13-14,23-25,27-28H2. The molecule has 1 N–H and O–H groups in total. The van der Waals surface area contributed by atoms with E-state index in [-0.39, 0.29) is 0 Å². The molecule has 0 saturated heterocycles. The van der Waals surface area contributed by atoms with Crippen molar-refractivity contribution >= 4 is 21.5 Å². The topological polar surface area (TPSA) is 30.5 Å². The molecule has 0 fully saturated rings. The number of rotatable bonds is 17. The van der Waals surface area contributed by atoms with E-state index in [2.05, 4.69) is 90.1 Å². The maximum atomic E-state index is 5.97. The van der Waals surface area contributed by atoms with Crippen molar-refractivity contribution in [1.82, 2.24) is 5.32 Å². The SMILES string of the molecule is C#CCOCCCCCCCCCCOc1ccc(CNCc2c3ccccc3cc3ccccc23)cc1. The fourth-order valence-electron chi connectivity index (χ4n) is 5.02. The molecule has 198 valence electrons. The first-order valence-corrected chi connectivity index (χ1v) is 14.2. The minimum atomic E-state index is 0.438. The van der Waals surface area contributed by atoms with Crippen LogP contribution >= 0.6 is 0 Å². The Morgan fingerprint density at radius 1 is 0.632 bits per heavy atom.